The maximum atomic E-state index is 13.2. The summed E-state index contributed by atoms with van der Waals surface area (Å²) in [4.78, 5) is 1.85. The fourth-order valence-corrected chi connectivity index (χ4v) is 40.4. The Balaban J connectivity index is 0.0000000941. The first-order chi connectivity index (χ1) is 72.0. The maximum absolute atomic E-state index is 13.2. The number of rotatable bonds is 5. The zero-order chi connectivity index (χ0) is 102. The lowest BCUT2D eigenvalue weighted by Gasteiger charge is -2.20. The van der Waals surface area contributed by atoms with Crippen LogP contribution in [0.15, 0.2) is 404 Å². The number of hydrogen-bond acceptors (Lipinski definition) is 1. The number of fused-ring (bicyclic) bond motifs is 33. The topological polar surface area (TPSA) is 41.7 Å². The third kappa shape index (κ3) is 14.6. The van der Waals surface area contributed by atoms with E-state index >= 15 is 0 Å². The molecule has 0 spiro atoms. The Morgan fingerprint density at radius 2 is 0.483 bits per heavy atom. The summed E-state index contributed by atoms with van der Waals surface area (Å²) in [6.45, 7) is 41.7. The number of aromatic nitrogens is 5. The zero-order valence-corrected chi connectivity index (χ0v) is 92.9. The lowest BCUT2D eigenvalue weighted by atomic mass is 9.99. The minimum Gasteiger partial charge on any atom is -0.309 e. The molecule has 0 saturated carbocycles. The van der Waals surface area contributed by atoms with Crippen LogP contribution >= 0.6 is 0 Å². The highest BCUT2D eigenvalue weighted by Crippen LogP contribution is 2.50. The molecule has 20 aromatic carbocycles. The van der Waals surface area contributed by atoms with Crippen LogP contribution in [-0.4, -0.2) is 59.3 Å². The van der Waals surface area contributed by atoms with Gasteiger partial charge in [-0.25, -0.2) is 4.21 Å². The highest BCUT2D eigenvalue weighted by molar-refractivity contribution is 7.85. The second kappa shape index (κ2) is 34.8. The zero-order valence-electron chi connectivity index (χ0n) is 88.1. The van der Waals surface area contributed by atoms with Crippen molar-refractivity contribution in [3.8, 4) is 84.1 Å². The van der Waals surface area contributed by atoms with Crippen molar-refractivity contribution in [2.45, 2.75) is 131 Å². The van der Waals surface area contributed by atoms with Crippen molar-refractivity contribution in [1.29, 1.82) is 0 Å². The number of aryl methyl sites for hydroxylation is 10. The summed E-state index contributed by atoms with van der Waals surface area (Å²) in [6, 6.07) is 146. The monoisotopic (exact) mass is 2010 g/mol. The van der Waals surface area contributed by atoms with Crippen molar-refractivity contribution in [3.05, 3.63) is 450 Å². The molecule has 5 aromatic heterocycles. The highest BCUT2D eigenvalue weighted by atomic mass is 32.2. The van der Waals surface area contributed by atoms with E-state index in [0.717, 1.165) is 43.1 Å². The standard InChI is InChI=1S/4C28H25NSi.C26H19NOS/c1-18-9-12-20(13-10-18)29-25-8-6-5-7-21(25)23-16-24-22-14-11-19(2)15-27(22)30(3,4)28(24)17-26(23)29;1-18-9-12-20(13-10-18)29-24-8-6-5-7-23(24)27-25(29)16-15-22-21-14-11-19(2)17-26(21)30(3,4)28(22)27;1-18-9-12-20(13-10-18)29-24-8-6-5-7-21(24)22-15-16-25-27(28(22)29)23-14-11-19(2)17-26(23)30(25,3)4;1-18-9-12-20(13-10-18)29-23-8-6-5-7-21(23)27-24(29)15-16-25-28(27)22-14-11-19(2)17-26(22)30(25,3)4;1-16-7-10-18(11-8-16)27-23-6-4-3-5-19(23)21-15-26-22(14-24(21)27)20-12-9-17(2)13-25(20)29(26)28/h4*5-17H,1-4H3;3-15H,1-2H3. The van der Waals surface area contributed by atoms with Gasteiger partial charge in [0.05, 0.1) is 75.8 Å². The van der Waals surface area contributed by atoms with E-state index in [-0.39, 0.29) is 0 Å². The summed E-state index contributed by atoms with van der Waals surface area (Å²) in [5.41, 5.74) is 45.6. The molecule has 25 aromatic rings. The normalized spacial score (nSPS) is 14.4. The van der Waals surface area contributed by atoms with Crippen molar-refractivity contribution in [1.82, 2.24) is 22.8 Å². The van der Waals surface area contributed by atoms with Crippen molar-refractivity contribution in [2.75, 3.05) is 0 Å². The molecule has 0 radical (unpaired) electrons. The average Bonchev–Trinajstić information content (AvgIpc) is 1.54. The molecule has 0 amide bonds. The van der Waals surface area contributed by atoms with Gasteiger partial charge in [0, 0.05) is 93.4 Å². The molecule has 0 fully saturated rings. The first-order valence-electron chi connectivity index (χ1n) is 52.7. The van der Waals surface area contributed by atoms with Crippen LogP contribution in [0.5, 0.6) is 0 Å². The van der Waals surface area contributed by atoms with Gasteiger partial charge in [0.15, 0.2) is 0 Å². The molecule has 30 rings (SSSR count). The van der Waals surface area contributed by atoms with E-state index in [4.69, 9.17) is 0 Å². The Labute approximate surface area is 879 Å². The first kappa shape index (κ1) is 93.2. The van der Waals surface area contributed by atoms with E-state index in [1.54, 1.807) is 41.5 Å². The smallest absolute Gasteiger partial charge is 0.114 e. The van der Waals surface area contributed by atoms with Crippen LogP contribution in [0, 0.1) is 69.2 Å². The molecule has 1 unspecified atom stereocenters. The van der Waals surface area contributed by atoms with Crippen molar-refractivity contribution >= 4 is 194 Å². The van der Waals surface area contributed by atoms with Crippen molar-refractivity contribution in [2.24, 2.45) is 0 Å². The second-order valence-electron chi connectivity index (χ2n) is 44.8. The van der Waals surface area contributed by atoms with Crippen LogP contribution in [0.2, 0.25) is 52.4 Å². The Hall–Kier alpha value is -15.6. The van der Waals surface area contributed by atoms with Crippen LogP contribution < -0.4 is 41.5 Å². The summed E-state index contributed by atoms with van der Waals surface area (Å²) in [5.74, 6) is 0. The summed E-state index contributed by atoms with van der Waals surface area (Å²) < 4.78 is 25.4. The predicted molar refractivity (Wildman–Crippen MR) is 650 cm³/mol. The highest BCUT2D eigenvalue weighted by Gasteiger charge is 2.45. The predicted octanol–water partition coefficient (Wildman–Crippen LogP) is 31.4. The van der Waals surface area contributed by atoms with Gasteiger partial charge in [0.2, 0.25) is 0 Å². The van der Waals surface area contributed by atoms with E-state index in [9.17, 15) is 4.21 Å². The van der Waals surface area contributed by atoms with Gasteiger partial charge in [-0.05, 0) is 294 Å². The van der Waals surface area contributed by atoms with Gasteiger partial charge in [-0.15, -0.1) is 0 Å². The van der Waals surface area contributed by atoms with Crippen molar-refractivity contribution in [3.63, 3.8) is 0 Å². The lowest BCUT2D eigenvalue weighted by molar-refractivity contribution is 0.685. The van der Waals surface area contributed by atoms with Gasteiger partial charge in [-0.1, -0.05) is 363 Å². The van der Waals surface area contributed by atoms with Gasteiger partial charge in [0.1, 0.15) is 32.3 Å². The fraction of sp³-hybridized carbons (Fsp3) is 0.130. The molecule has 0 saturated heterocycles. The van der Waals surface area contributed by atoms with Gasteiger partial charge in [0.25, 0.3) is 0 Å². The average molecular weight is 2010 g/mol. The molecule has 724 valence electrons. The van der Waals surface area contributed by atoms with Crippen LogP contribution in [0.3, 0.4) is 0 Å². The van der Waals surface area contributed by atoms with E-state index in [1.807, 2.05) is 0 Å². The van der Waals surface area contributed by atoms with Gasteiger partial charge >= 0.3 is 0 Å². The Kier molecular flexibility index (Phi) is 21.8. The van der Waals surface area contributed by atoms with Gasteiger partial charge < -0.3 is 22.8 Å². The minimum absolute atomic E-state index is 0.921. The largest absolute Gasteiger partial charge is 0.309 e. The summed E-state index contributed by atoms with van der Waals surface area (Å²) in [7, 11) is -8.09. The maximum Gasteiger partial charge on any atom is 0.114 e. The van der Waals surface area contributed by atoms with E-state index in [2.05, 4.69) is 539 Å². The number of para-hydroxylation sites is 5. The lowest BCUT2D eigenvalue weighted by Crippen LogP contribution is -2.49. The second-order valence-corrected chi connectivity index (χ2v) is 63.5. The molecule has 6 nitrogen and oxygen atoms in total. The molecule has 149 heavy (non-hydrogen) atoms. The fourth-order valence-electron chi connectivity index (χ4n) is 25.9. The third-order valence-corrected chi connectivity index (χ3v) is 49.1. The summed E-state index contributed by atoms with van der Waals surface area (Å²) in [5, 5.41) is 25.9. The van der Waals surface area contributed by atoms with Gasteiger partial charge in [-0.2, -0.15) is 0 Å². The number of benzene rings is 20. The molecule has 0 aliphatic carbocycles. The van der Waals surface area contributed by atoms with Crippen molar-refractivity contribution < 1.29 is 4.21 Å². The van der Waals surface area contributed by atoms with E-state index in [0.29, 0.717) is 0 Å². The summed E-state index contributed by atoms with van der Waals surface area (Å²) >= 11 is 0. The Morgan fingerprint density at radius 1 is 0.181 bits per heavy atom. The SMILES string of the molecule is Cc1ccc(-n2c3ccccc3c3c4c(ccc32)-c2ccc(C)cc2[Si]4(C)C)cc1.Cc1ccc(-n2c3ccccc3c3c4c(ccc32)[Si](C)(C)c2cc(C)ccc2-4)cc1.Cc1ccc(-n2c3ccccc3c3cc4c(cc32)-c2ccc(C)cc2S4=O)cc1.Cc1ccc(-n2c3ccccc3c3cc4c(cc32)[Si](C)(C)c2cc(C)ccc2-4)cc1.Cc1ccc(-n2c3ccccc3c3ccc4c(c32)-c2ccc(C)cc2[Si]4(C)C)cc1. The molecule has 5 aliphatic rings. The number of nitrogens with zero attached hydrogens (tertiary/aromatic N) is 5. The molecule has 0 bridgehead atoms. The first-order valence-corrected chi connectivity index (χ1v) is 65.8. The molecule has 5 aliphatic heterocycles. The molecule has 10 heterocycles. The van der Waals surface area contributed by atoms with E-state index in [1.165, 1.54) is 215 Å². The molecule has 11 heteroatoms. The Bertz CT molecular complexity index is 9930. The quantitative estimate of drug-likeness (QED) is 0.158. The van der Waals surface area contributed by atoms with Gasteiger partial charge in [-0.3, -0.25) is 0 Å². The molecule has 0 N–H and O–H groups in total. The minimum atomic E-state index is -1.80. The third-order valence-electron chi connectivity index (χ3n) is 33.5. The van der Waals surface area contributed by atoms with Crippen LogP contribution in [-0.2, 0) is 10.8 Å². The summed E-state index contributed by atoms with van der Waals surface area (Å²) in [6.07, 6.45) is 0. The van der Waals surface area contributed by atoms with E-state index < -0.39 is 43.1 Å². The van der Waals surface area contributed by atoms with Crippen LogP contribution in [0.1, 0.15) is 55.6 Å². The number of hydrogen-bond donors (Lipinski definition) is 0. The molecule has 1 atom stereocenters. The molecular formula is C138H119N5OSSi4. The Morgan fingerprint density at radius 3 is 0.960 bits per heavy atom. The molecular weight excluding hydrogens is 1890 g/mol. The van der Waals surface area contributed by atoms with Crippen LogP contribution in [0.4, 0.5) is 0 Å². The van der Waals surface area contributed by atoms with Crippen LogP contribution in [0.25, 0.3) is 193 Å².